The summed E-state index contributed by atoms with van der Waals surface area (Å²) in [6.45, 7) is 0. The normalized spacial score (nSPS) is 10.9. The van der Waals surface area contributed by atoms with Crippen LogP contribution in [0.1, 0.15) is 0 Å². The summed E-state index contributed by atoms with van der Waals surface area (Å²) in [7, 11) is 0. The average Bonchev–Trinajstić information content (AvgIpc) is 2.88. The molecule has 3 aromatic rings. The second kappa shape index (κ2) is 2.73. The zero-order valence-electron chi connectivity index (χ0n) is 7.51. The Balaban J connectivity index is 2.23. The molecule has 0 spiro atoms. The van der Waals surface area contributed by atoms with Gasteiger partial charge in [-0.2, -0.15) is 0 Å². The zero-order chi connectivity index (χ0) is 9.38. The van der Waals surface area contributed by atoms with Gasteiger partial charge in [0.15, 0.2) is 0 Å². The number of imidazole rings is 1. The van der Waals surface area contributed by atoms with Crippen molar-refractivity contribution in [1.29, 1.82) is 0 Å². The minimum absolute atomic E-state index is 1.00. The van der Waals surface area contributed by atoms with Crippen LogP contribution in [0.25, 0.3) is 16.7 Å². The van der Waals surface area contributed by atoms with Crippen LogP contribution in [0.4, 0.5) is 0 Å². The Labute approximate surface area is 81.0 Å². The third kappa shape index (κ3) is 1.03. The number of rotatable bonds is 1. The van der Waals surface area contributed by atoms with Crippen molar-refractivity contribution in [2.45, 2.75) is 0 Å². The molecule has 3 rings (SSSR count). The minimum atomic E-state index is 1.00. The lowest BCUT2D eigenvalue weighted by Gasteiger charge is -2.01. The molecule has 0 amide bonds. The molecule has 0 saturated heterocycles. The van der Waals surface area contributed by atoms with E-state index < -0.39 is 0 Å². The lowest BCUT2D eigenvalue weighted by atomic mass is 10.3. The van der Waals surface area contributed by atoms with Crippen LogP contribution in [0.2, 0.25) is 0 Å². The van der Waals surface area contributed by atoms with Gasteiger partial charge >= 0.3 is 0 Å². The van der Waals surface area contributed by atoms with Crippen LogP contribution in [0.3, 0.4) is 0 Å². The summed E-state index contributed by atoms with van der Waals surface area (Å²) < 4.78 is 2.07. The molecule has 1 aromatic carbocycles. The predicted molar refractivity (Wildman–Crippen MR) is 55.4 cm³/mol. The van der Waals surface area contributed by atoms with Crippen molar-refractivity contribution in [3.05, 3.63) is 49.1 Å². The second-order valence-electron chi connectivity index (χ2n) is 3.19. The van der Waals surface area contributed by atoms with E-state index in [1.807, 2.05) is 30.6 Å². The number of hydrogen-bond donors (Lipinski definition) is 1. The first-order valence-corrected chi connectivity index (χ1v) is 4.50. The smallest absolute Gasteiger partial charge is 0.0931 e. The molecule has 0 aliphatic rings. The predicted octanol–water partition coefficient (Wildman–Crippen LogP) is 2.35. The largest absolute Gasteiger partial charge is 0.345 e. The monoisotopic (exact) mass is 183 g/mol. The summed E-state index contributed by atoms with van der Waals surface area (Å²) in [6, 6.07) is 10.2. The molecular formula is C11H9N3. The number of fused-ring (bicyclic) bond motifs is 1. The number of H-pyrrole nitrogens is 1. The number of hydrogen-bond acceptors (Lipinski definition) is 1. The summed E-state index contributed by atoms with van der Waals surface area (Å²) in [6.07, 6.45) is 5.76. The van der Waals surface area contributed by atoms with Gasteiger partial charge in [-0.3, -0.25) is 0 Å². The maximum atomic E-state index is 4.18. The van der Waals surface area contributed by atoms with E-state index in [0.717, 1.165) is 16.7 Å². The number of aromatic nitrogens is 3. The molecule has 0 bridgehead atoms. The van der Waals surface area contributed by atoms with Crippen LogP contribution < -0.4 is 0 Å². The van der Waals surface area contributed by atoms with Gasteiger partial charge in [-0.05, 0) is 30.3 Å². The highest BCUT2D eigenvalue weighted by molar-refractivity contribution is 5.76. The summed E-state index contributed by atoms with van der Waals surface area (Å²) in [4.78, 5) is 7.27. The van der Waals surface area contributed by atoms with E-state index in [9.17, 15) is 0 Å². The van der Waals surface area contributed by atoms with E-state index >= 15 is 0 Å². The average molecular weight is 183 g/mol. The van der Waals surface area contributed by atoms with Crippen LogP contribution in [-0.4, -0.2) is 14.5 Å². The van der Waals surface area contributed by atoms with Crippen molar-refractivity contribution >= 4 is 11.0 Å². The van der Waals surface area contributed by atoms with Gasteiger partial charge in [-0.1, -0.05) is 0 Å². The molecular weight excluding hydrogens is 174 g/mol. The fourth-order valence-corrected chi connectivity index (χ4v) is 1.59. The van der Waals surface area contributed by atoms with Gasteiger partial charge in [0, 0.05) is 18.1 Å². The Bertz CT molecular complexity index is 549. The van der Waals surface area contributed by atoms with Crippen molar-refractivity contribution in [1.82, 2.24) is 14.5 Å². The summed E-state index contributed by atoms with van der Waals surface area (Å²) >= 11 is 0. The first-order chi connectivity index (χ1) is 6.93. The van der Waals surface area contributed by atoms with Crippen LogP contribution in [0.5, 0.6) is 0 Å². The van der Waals surface area contributed by atoms with Crippen molar-refractivity contribution in [2.24, 2.45) is 0 Å². The highest BCUT2D eigenvalue weighted by atomic mass is 14.9. The van der Waals surface area contributed by atoms with Crippen molar-refractivity contribution in [3.63, 3.8) is 0 Å². The standard InChI is InChI=1S/C11H9N3/c1-2-6-14(5-1)9-3-4-10-11(7-9)13-8-12-10/h1-8H,(H,12,13). The molecule has 0 unspecified atom stereocenters. The van der Waals surface area contributed by atoms with Crippen molar-refractivity contribution in [3.8, 4) is 5.69 Å². The van der Waals surface area contributed by atoms with Gasteiger partial charge < -0.3 is 9.55 Å². The van der Waals surface area contributed by atoms with Crippen LogP contribution in [-0.2, 0) is 0 Å². The first-order valence-electron chi connectivity index (χ1n) is 4.50. The number of aromatic amines is 1. The first kappa shape index (κ1) is 7.38. The van der Waals surface area contributed by atoms with Gasteiger partial charge in [0.05, 0.1) is 17.4 Å². The van der Waals surface area contributed by atoms with Crippen LogP contribution >= 0.6 is 0 Å². The van der Waals surface area contributed by atoms with E-state index in [0.29, 0.717) is 0 Å². The van der Waals surface area contributed by atoms with E-state index in [1.165, 1.54) is 0 Å². The Morgan fingerprint density at radius 3 is 2.86 bits per heavy atom. The molecule has 3 heteroatoms. The highest BCUT2D eigenvalue weighted by Gasteiger charge is 1.98. The van der Waals surface area contributed by atoms with Gasteiger partial charge in [0.2, 0.25) is 0 Å². The molecule has 0 radical (unpaired) electrons. The number of nitrogens with one attached hydrogen (secondary N) is 1. The molecule has 0 fully saturated rings. The highest BCUT2D eigenvalue weighted by Crippen LogP contribution is 2.14. The van der Waals surface area contributed by atoms with Crippen molar-refractivity contribution < 1.29 is 0 Å². The van der Waals surface area contributed by atoms with E-state index in [-0.39, 0.29) is 0 Å². The molecule has 1 N–H and O–H groups in total. The molecule has 14 heavy (non-hydrogen) atoms. The van der Waals surface area contributed by atoms with E-state index in [4.69, 9.17) is 0 Å². The SMILES string of the molecule is c1ccn(-c2ccc3nc[nH]c3c2)c1. The Morgan fingerprint density at radius 1 is 1.14 bits per heavy atom. The van der Waals surface area contributed by atoms with Gasteiger partial charge in [0.25, 0.3) is 0 Å². The Kier molecular flexibility index (Phi) is 1.44. The van der Waals surface area contributed by atoms with Crippen molar-refractivity contribution in [2.75, 3.05) is 0 Å². The summed E-state index contributed by atoms with van der Waals surface area (Å²) in [5.41, 5.74) is 3.21. The third-order valence-corrected chi connectivity index (χ3v) is 2.31. The fraction of sp³-hybridized carbons (Fsp3) is 0. The molecule has 68 valence electrons. The quantitative estimate of drug-likeness (QED) is 0.617. The third-order valence-electron chi connectivity index (χ3n) is 2.31. The molecule has 0 aliphatic carbocycles. The van der Waals surface area contributed by atoms with Gasteiger partial charge in [-0.25, -0.2) is 4.98 Å². The lowest BCUT2D eigenvalue weighted by molar-refractivity contribution is 1.08. The maximum Gasteiger partial charge on any atom is 0.0931 e. The van der Waals surface area contributed by atoms with Crippen LogP contribution in [0, 0.1) is 0 Å². The Morgan fingerprint density at radius 2 is 2.00 bits per heavy atom. The minimum Gasteiger partial charge on any atom is -0.345 e. The topological polar surface area (TPSA) is 33.6 Å². The second-order valence-corrected chi connectivity index (χ2v) is 3.19. The number of benzene rings is 1. The van der Waals surface area contributed by atoms with Gasteiger partial charge in [-0.15, -0.1) is 0 Å². The lowest BCUT2D eigenvalue weighted by Crippen LogP contribution is -1.88. The zero-order valence-corrected chi connectivity index (χ0v) is 7.51. The molecule has 2 heterocycles. The molecule has 0 saturated carbocycles. The summed E-state index contributed by atoms with van der Waals surface area (Å²) in [5.74, 6) is 0. The van der Waals surface area contributed by atoms with Crippen LogP contribution in [0.15, 0.2) is 49.1 Å². The Hall–Kier alpha value is -2.03. The van der Waals surface area contributed by atoms with Gasteiger partial charge in [0.1, 0.15) is 0 Å². The summed E-state index contributed by atoms with van der Waals surface area (Å²) in [5, 5.41) is 0. The molecule has 0 aliphatic heterocycles. The molecule has 2 aromatic heterocycles. The van der Waals surface area contributed by atoms with E-state index in [1.54, 1.807) is 6.33 Å². The fourth-order valence-electron chi connectivity index (χ4n) is 1.59. The molecule has 3 nitrogen and oxygen atoms in total. The molecule has 0 atom stereocenters. The number of nitrogens with zero attached hydrogens (tertiary/aromatic N) is 2. The maximum absolute atomic E-state index is 4.18. The van der Waals surface area contributed by atoms with E-state index in [2.05, 4.69) is 26.7 Å².